The molecule has 0 atom stereocenters. The lowest BCUT2D eigenvalue weighted by atomic mass is 10.1. The molecule has 6 heteroatoms. The van der Waals surface area contributed by atoms with Crippen LogP contribution in [0.1, 0.15) is 22.3 Å². The average Bonchev–Trinajstić information content (AvgIpc) is 2.66. The van der Waals surface area contributed by atoms with E-state index in [0.29, 0.717) is 12.2 Å². The van der Waals surface area contributed by atoms with Crippen molar-refractivity contribution in [2.75, 3.05) is 5.32 Å². The lowest BCUT2D eigenvalue weighted by Crippen LogP contribution is -2.42. The zero-order chi connectivity index (χ0) is 20.3. The van der Waals surface area contributed by atoms with Crippen LogP contribution in [0.5, 0.6) is 0 Å². The Morgan fingerprint density at radius 2 is 1.64 bits per heavy atom. The zero-order valence-electron chi connectivity index (χ0n) is 16.2. The van der Waals surface area contributed by atoms with Gasteiger partial charge >= 0.3 is 5.69 Å². The Balaban J connectivity index is 1.85. The Hall–Kier alpha value is -3.41. The first-order valence-corrected chi connectivity index (χ1v) is 9.07. The summed E-state index contributed by atoms with van der Waals surface area (Å²) in [7, 11) is 0. The van der Waals surface area contributed by atoms with Crippen molar-refractivity contribution in [3.05, 3.63) is 97.8 Å². The van der Waals surface area contributed by atoms with E-state index >= 15 is 0 Å². The van der Waals surface area contributed by atoms with Crippen molar-refractivity contribution in [1.29, 1.82) is 0 Å². The predicted octanol–water partition coefficient (Wildman–Crippen LogP) is 2.62. The summed E-state index contributed by atoms with van der Waals surface area (Å²) < 4.78 is 2.40. The predicted molar refractivity (Wildman–Crippen MR) is 110 cm³/mol. The van der Waals surface area contributed by atoms with Crippen molar-refractivity contribution >= 4 is 11.6 Å². The molecule has 3 rings (SSSR count). The lowest BCUT2D eigenvalue weighted by molar-refractivity contribution is -0.116. The molecule has 1 amide bonds. The van der Waals surface area contributed by atoms with Crippen LogP contribution in [0, 0.1) is 20.8 Å². The summed E-state index contributed by atoms with van der Waals surface area (Å²) in [5, 5.41) is 2.79. The summed E-state index contributed by atoms with van der Waals surface area (Å²) >= 11 is 0. The van der Waals surface area contributed by atoms with Crippen LogP contribution in [0.2, 0.25) is 0 Å². The topological polar surface area (TPSA) is 73.1 Å². The van der Waals surface area contributed by atoms with Crippen LogP contribution in [0.25, 0.3) is 0 Å². The van der Waals surface area contributed by atoms with Crippen LogP contribution in [-0.4, -0.2) is 15.0 Å². The Bertz CT molecular complexity index is 1140. The molecule has 0 saturated heterocycles. The van der Waals surface area contributed by atoms with E-state index in [2.05, 4.69) is 5.32 Å². The van der Waals surface area contributed by atoms with Gasteiger partial charge in [0.15, 0.2) is 0 Å². The first kappa shape index (κ1) is 19.4. The monoisotopic (exact) mass is 377 g/mol. The second kappa shape index (κ2) is 8.08. The molecule has 0 bridgehead atoms. The fourth-order valence-corrected chi connectivity index (χ4v) is 3.01. The van der Waals surface area contributed by atoms with Gasteiger partial charge in [-0.2, -0.15) is 0 Å². The molecule has 0 aliphatic rings. The lowest BCUT2D eigenvalue weighted by Gasteiger charge is -2.13. The van der Waals surface area contributed by atoms with E-state index in [1.54, 1.807) is 6.07 Å². The molecule has 0 aliphatic heterocycles. The number of aryl methyl sites for hydroxylation is 2. The number of anilines is 1. The molecule has 1 heterocycles. The SMILES string of the molecule is Cc1ccccc1Cn1ccc(=O)n(CC(=O)Nc2cccc(C)c2C)c1=O. The van der Waals surface area contributed by atoms with Gasteiger partial charge in [-0.1, -0.05) is 36.4 Å². The van der Waals surface area contributed by atoms with Gasteiger partial charge < -0.3 is 5.32 Å². The minimum Gasteiger partial charge on any atom is -0.324 e. The standard InChI is InChI=1S/C22H23N3O3/c1-15-8-6-10-19(17(15)3)23-20(26)14-25-21(27)11-12-24(22(25)28)13-18-9-5-4-7-16(18)2/h4-12H,13-14H2,1-3H3,(H,23,26). The van der Waals surface area contributed by atoms with Crippen LogP contribution in [0.3, 0.4) is 0 Å². The molecular formula is C22H23N3O3. The average molecular weight is 377 g/mol. The molecule has 2 aromatic carbocycles. The van der Waals surface area contributed by atoms with Gasteiger partial charge in [0.2, 0.25) is 5.91 Å². The third-order valence-corrected chi connectivity index (χ3v) is 4.92. The summed E-state index contributed by atoms with van der Waals surface area (Å²) in [6, 6.07) is 14.6. The van der Waals surface area contributed by atoms with Crippen molar-refractivity contribution in [2.24, 2.45) is 0 Å². The quantitative estimate of drug-likeness (QED) is 0.743. The number of rotatable bonds is 5. The normalized spacial score (nSPS) is 10.7. The zero-order valence-corrected chi connectivity index (χ0v) is 16.2. The molecule has 0 radical (unpaired) electrons. The maximum absolute atomic E-state index is 12.8. The molecular weight excluding hydrogens is 354 g/mol. The van der Waals surface area contributed by atoms with Crippen molar-refractivity contribution in [1.82, 2.24) is 9.13 Å². The fourth-order valence-electron chi connectivity index (χ4n) is 3.01. The van der Waals surface area contributed by atoms with Gasteiger partial charge in [-0.3, -0.25) is 18.7 Å². The molecule has 0 saturated carbocycles. The van der Waals surface area contributed by atoms with Crippen LogP contribution in [-0.2, 0) is 17.9 Å². The van der Waals surface area contributed by atoms with Gasteiger partial charge in [0.25, 0.3) is 5.56 Å². The minimum absolute atomic E-state index is 0.334. The van der Waals surface area contributed by atoms with Crippen LogP contribution in [0.4, 0.5) is 5.69 Å². The smallest absolute Gasteiger partial charge is 0.324 e. The highest BCUT2D eigenvalue weighted by molar-refractivity contribution is 5.91. The number of benzene rings is 2. The summed E-state index contributed by atoms with van der Waals surface area (Å²) in [6.45, 7) is 5.84. The van der Waals surface area contributed by atoms with Gasteiger partial charge in [-0.15, -0.1) is 0 Å². The van der Waals surface area contributed by atoms with Gasteiger partial charge in [-0.05, 0) is 49.1 Å². The van der Waals surface area contributed by atoms with Gasteiger partial charge in [0.1, 0.15) is 6.54 Å². The molecule has 0 aliphatic carbocycles. The Morgan fingerprint density at radius 3 is 2.39 bits per heavy atom. The molecule has 1 aromatic heterocycles. The van der Waals surface area contributed by atoms with E-state index in [-0.39, 0.29) is 6.54 Å². The van der Waals surface area contributed by atoms with Crippen LogP contribution >= 0.6 is 0 Å². The first-order valence-electron chi connectivity index (χ1n) is 9.07. The molecule has 3 aromatic rings. The highest BCUT2D eigenvalue weighted by Gasteiger charge is 2.12. The van der Waals surface area contributed by atoms with Gasteiger partial charge in [0.05, 0.1) is 6.54 Å². The maximum Gasteiger partial charge on any atom is 0.331 e. The van der Waals surface area contributed by atoms with E-state index in [0.717, 1.165) is 26.8 Å². The number of aromatic nitrogens is 2. The second-order valence-corrected chi connectivity index (χ2v) is 6.87. The fraction of sp³-hybridized carbons (Fsp3) is 0.227. The van der Waals surface area contributed by atoms with Crippen LogP contribution < -0.4 is 16.6 Å². The maximum atomic E-state index is 12.8. The summed E-state index contributed by atoms with van der Waals surface area (Å²) in [4.78, 5) is 37.4. The highest BCUT2D eigenvalue weighted by atomic mass is 16.2. The molecule has 0 unspecified atom stereocenters. The Labute approximate surface area is 163 Å². The molecule has 0 fully saturated rings. The number of nitrogens with zero attached hydrogens (tertiary/aromatic N) is 2. The Kier molecular flexibility index (Phi) is 5.59. The third-order valence-electron chi connectivity index (χ3n) is 4.92. The summed E-state index contributed by atoms with van der Waals surface area (Å²) in [6.07, 6.45) is 1.47. The number of hydrogen-bond acceptors (Lipinski definition) is 3. The number of carbonyl (C=O) groups excluding carboxylic acids is 1. The number of carbonyl (C=O) groups is 1. The van der Waals surface area contributed by atoms with E-state index in [1.165, 1.54) is 16.8 Å². The molecule has 0 spiro atoms. The first-order chi connectivity index (χ1) is 13.4. The largest absolute Gasteiger partial charge is 0.331 e. The van der Waals surface area contributed by atoms with Crippen molar-refractivity contribution < 1.29 is 4.79 Å². The van der Waals surface area contributed by atoms with Crippen molar-refractivity contribution in [3.63, 3.8) is 0 Å². The summed E-state index contributed by atoms with van der Waals surface area (Å²) in [5.41, 5.74) is 3.71. The Morgan fingerprint density at radius 1 is 0.929 bits per heavy atom. The molecule has 6 nitrogen and oxygen atoms in total. The molecule has 144 valence electrons. The van der Waals surface area contributed by atoms with E-state index in [1.807, 2.05) is 57.2 Å². The van der Waals surface area contributed by atoms with E-state index < -0.39 is 17.2 Å². The highest BCUT2D eigenvalue weighted by Crippen LogP contribution is 2.17. The number of nitrogens with one attached hydrogen (secondary N) is 1. The van der Waals surface area contributed by atoms with Crippen molar-refractivity contribution in [3.8, 4) is 0 Å². The summed E-state index contributed by atoms with van der Waals surface area (Å²) in [5.74, 6) is -0.415. The molecule has 1 N–H and O–H groups in total. The van der Waals surface area contributed by atoms with E-state index in [9.17, 15) is 14.4 Å². The third kappa shape index (κ3) is 4.11. The van der Waals surface area contributed by atoms with Gasteiger partial charge in [-0.25, -0.2) is 4.79 Å². The molecule has 28 heavy (non-hydrogen) atoms. The van der Waals surface area contributed by atoms with Crippen molar-refractivity contribution in [2.45, 2.75) is 33.9 Å². The van der Waals surface area contributed by atoms with Crippen LogP contribution in [0.15, 0.2) is 64.3 Å². The minimum atomic E-state index is -0.508. The number of hydrogen-bond donors (Lipinski definition) is 1. The van der Waals surface area contributed by atoms with E-state index in [4.69, 9.17) is 0 Å². The number of amides is 1. The van der Waals surface area contributed by atoms with Gasteiger partial charge in [0, 0.05) is 18.0 Å². The second-order valence-electron chi connectivity index (χ2n) is 6.87.